The Bertz CT molecular complexity index is 1220. The number of aromatic nitrogens is 4. The van der Waals surface area contributed by atoms with E-state index >= 15 is 0 Å². The highest BCUT2D eigenvalue weighted by Crippen LogP contribution is 2.39. The lowest BCUT2D eigenvalue weighted by molar-refractivity contribution is 0.482. The van der Waals surface area contributed by atoms with Crippen molar-refractivity contribution in [2.45, 2.75) is 4.33 Å². The van der Waals surface area contributed by atoms with Crippen molar-refractivity contribution in [2.24, 2.45) is 0 Å². The van der Waals surface area contributed by atoms with Gasteiger partial charge >= 0.3 is 0 Å². The van der Waals surface area contributed by atoms with E-state index in [1.54, 1.807) is 24.3 Å². The van der Waals surface area contributed by atoms with Crippen LogP contribution in [0, 0.1) is 0 Å². The Morgan fingerprint density at radius 2 is 0.971 bits per heavy atom. The molecule has 34 heavy (non-hydrogen) atoms. The molecular formula is C26H20Cl2N4O2. The first kappa shape index (κ1) is 23.3. The molecule has 0 amide bonds. The second kappa shape index (κ2) is 11.3. The van der Waals surface area contributed by atoms with Gasteiger partial charge in [-0.3, -0.25) is 0 Å². The molecule has 0 spiro atoms. The van der Waals surface area contributed by atoms with Gasteiger partial charge in [0.1, 0.15) is 23.0 Å². The van der Waals surface area contributed by atoms with Gasteiger partial charge in [0.2, 0.25) is 10.2 Å². The summed E-state index contributed by atoms with van der Waals surface area (Å²) in [4.78, 5) is 0. The molecule has 0 fully saturated rings. The van der Waals surface area contributed by atoms with Crippen LogP contribution in [0.4, 0.5) is 0 Å². The summed E-state index contributed by atoms with van der Waals surface area (Å²) in [5.41, 5.74) is 0.632. The molecule has 0 saturated carbocycles. The van der Waals surface area contributed by atoms with Crippen LogP contribution in [0.1, 0.15) is 11.4 Å². The largest absolute Gasteiger partial charge is 0.457 e. The molecule has 5 rings (SSSR count). The number of alkyl halides is 2. The fourth-order valence-electron chi connectivity index (χ4n) is 2.89. The van der Waals surface area contributed by atoms with Gasteiger partial charge in [0.25, 0.3) is 0 Å². The van der Waals surface area contributed by atoms with Crippen molar-refractivity contribution in [2.75, 3.05) is 0 Å². The minimum Gasteiger partial charge on any atom is -0.457 e. The predicted molar refractivity (Wildman–Crippen MR) is 133 cm³/mol. The van der Waals surface area contributed by atoms with E-state index < -0.39 is 4.33 Å². The number of para-hydroxylation sites is 3. The molecule has 170 valence electrons. The molecule has 6 nitrogen and oxygen atoms in total. The van der Waals surface area contributed by atoms with E-state index in [0.717, 1.165) is 17.2 Å². The molecule has 5 aromatic rings. The molecule has 0 aliphatic rings. The number of H-pyrrole nitrogens is 1. The highest BCUT2D eigenvalue weighted by atomic mass is 35.5. The Labute approximate surface area is 207 Å². The zero-order valence-corrected chi connectivity index (χ0v) is 19.4. The van der Waals surface area contributed by atoms with Crippen LogP contribution in [0.15, 0.2) is 115 Å². The predicted octanol–water partition coefficient (Wildman–Crippen LogP) is 7.15. The molecule has 4 aromatic carbocycles. The lowest BCUT2D eigenvalue weighted by Gasteiger charge is -2.16. The van der Waals surface area contributed by atoms with Crippen molar-refractivity contribution in [3.05, 3.63) is 127 Å². The number of hydrogen-bond acceptors (Lipinski definition) is 5. The zero-order chi connectivity index (χ0) is 23.6. The van der Waals surface area contributed by atoms with E-state index in [1.807, 2.05) is 91.0 Å². The fraction of sp³-hybridized carbons (Fsp3) is 0.0385. The van der Waals surface area contributed by atoms with Gasteiger partial charge in [-0.25, -0.2) is 0 Å². The number of benzene rings is 4. The average Bonchev–Trinajstić information content (AvgIpc) is 3.43. The molecule has 0 aliphatic carbocycles. The third-order valence-corrected chi connectivity index (χ3v) is 5.32. The van der Waals surface area contributed by atoms with E-state index in [4.69, 9.17) is 32.7 Å². The molecule has 0 bridgehead atoms. The van der Waals surface area contributed by atoms with Gasteiger partial charge in [0, 0.05) is 0 Å². The van der Waals surface area contributed by atoms with Crippen LogP contribution in [-0.2, 0) is 4.33 Å². The molecule has 1 aromatic heterocycles. The molecule has 0 radical (unpaired) electrons. The number of halogens is 2. The Balaban J connectivity index is 0.000000180. The van der Waals surface area contributed by atoms with Gasteiger partial charge in [-0.05, 0) is 54.1 Å². The maximum atomic E-state index is 6.28. The van der Waals surface area contributed by atoms with Crippen LogP contribution < -0.4 is 9.47 Å². The second-order valence-corrected chi connectivity index (χ2v) is 8.30. The number of tetrazole rings is 1. The van der Waals surface area contributed by atoms with Gasteiger partial charge in [0.05, 0.1) is 0 Å². The van der Waals surface area contributed by atoms with Crippen LogP contribution in [0.25, 0.3) is 0 Å². The number of rotatable bonds is 6. The van der Waals surface area contributed by atoms with Gasteiger partial charge in [0.15, 0.2) is 0 Å². The zero-order valence-electron chi connectivity index (χ0n) is 17.9. The van der Waals surface area contributed by atoms with Crippen LogP contribution in [0.5, 0.6) is 23.0 Å². The van der Waals surface area contributed by atoms with E-state index in [9.17, 15) is 0 Å². The average molecular weight is 491 g/mol. The van der Waals surface area contributed by atoms with Gasteiger partial charge in [-0.15, -0.1) is 10.2 Å². The van der Waals surface area contributed by atoms with Crippen LogP contribution >= 0.6 is 23.2 Å². The van der Waals surface area contributed by atoms with Crippen molar-refractivity contribution in [3.8, 4) is 23.0 Å². The molecule has 0 unspecified atom stereocenters. The second-order valence-electron chi connectivity index (χ2n) is 6.98. The Hall–Kier alpha value is -3.87. The molecule has 8 heteroatoms. The number of nitrogens with zero attached hydrogens (tertiary/aromatic N) is 3. The Morgan fingerprint density at radius 3 is 1.35 bits per heavy atom. The topological polar surface area (TPSA) is 72.9 Å². The molecule has 0 atom stereocenters. The minimum absolute atomic E-state index is 0.197. The monoisotopic (exact) mass is 490 g/mol. The van der Waals surface area contributed by atoms with Crippen molar-refractivity contribution >= 4 is 23.2 Å². The maximum absolute atomic E-state index is 6.28. The van der Waals surface area contributed by atoms with Crippen molar-refractivity contribution in [1.82, 2.24) is 20.6 Å². The normalized spacial score (nSPS) is 10.6. The van der Waals surface area contributed by atoms with Crippen molar-refractivity contribution in [3.63, 3.8) is 0 Å². The van der Waals surface area contributed by atoms with Gasteiger partial charge in [-0.2, -0.15) is 5.21 Å². The van der Waals surface area contributed by atoms with Crippen molar-refractivity contribution < 1.29 is 9.47 Å². The molecule has 1 heterocycles. The van der Waals surface area contributed by atoms with Crippen molar-refractivity contribution in [1.29, 1.82) is 0 Å². The first-order valence-corrected chi connectivity index (χ1v) is 11.1. The fourth-order valence-corrected chi connectivity index (χ4v) is 3.31. The summed E-state index contributed by atoms with van der Waals surface area (Å²) < 4.78 is 9.92. The van der Waals surface area contributed by atoms with Crippen LogP contribution in [0.3, 0.4) is 0 Å². The van der Waals surface area contributed by atoms with E-state index in [0.29, 0.717) is 11.3 Å². The first-order chi connectivity index (χ1) is 16.6. The summed E-state index contributed by atoms with van der Waals surface area (Å²) in [5.74, 6) is 3.37. The van der Waals surface area contributed by atoms with E-state index in [-0.39, 0.29) is 5.82 Å². The smallest absolute Gasteiger partial charge is 0.215 e. The Kier molecular flexibility index (Phi) is 7.75. The first-order valence-electron chi connectivity index (χ1n) is 10.3. The molecular weight excluding hydrogens is 471 g/mol. The SMILES string of the molecule is ClC(Cl)(c1ccc(Oc2ccccc2)cc1)c1nn[nH]n1.c1ccc(Oc2ccccc2)cc1. The summed E-state index contributed by atoms with van der Waals surface area (Å²) in [7, 11) is 0. The summed E-state index contributed by atoms with van der Waals surface area (Å²) >= 11 is 12.6. The summed E-state index contributed by atoms with van der Waals surface area (Å²) in [6, 6.07) is 36.1. The third kappa shape index (κ3) is 6.34. The summed E-state index contributed by atoms with van der Waals surface area (Å²) in [6.07, 6.45) is 0. The molecule has 1 N–H and O–H groups in total. The van der Waals surface area contributed by atoms with Gasteiger partial charge in [-0.1, -0.05) is 95.1 Å². The standard InChI is InChI=1S/C14H10Cl2N4O.C12H10O/c15-14(16,13-17-19-20-18-13)10-6-8-12(9-7-10)21-11-4-2-1-3-5-11;1-3-7-11(8-4-1)13-12-9-5-2-6-10-12/h1-9H,(H,17,18,19,20);1-10H. The van der Waals surface area contributed by atoms with Gasteiger partial charge < -0.3 is 9.47 Å². The van der Waals surface area contributed by atoms with E-state index in [2.05, 4.69) is 20.6 Å². The third-order valence-electron chi connectivity index (χ3n) is 4.54. The minimum atomic E-state index is -1.36. The summed E-state index contributed by atoms with van der Waals surface area (Å²) in [6.45, 7) is 0. The lowest BCUT2D eigenvalue weighted by atomic mass is 10.1. The number of aromatic amines is 1. The highest BCUT2D eigenvalue weighted by molar-refractivity contribution is 6.49. The quantitative estimate of drug-likeness (QED) is 0.256. The molecule has 0 aliphatic heterocycles. The van der Waals surface area contributed by atoms with Crippen LogP contribution in [0.2, 0.25) is 0 Å². The number of ether oxygens (including phenoxy) is 2. The summed E-state index contributed by atoms with van der Waals surface area (Å²) in [5, 5.41) is 13.4. The highest BCUT2D eigenvalue weighted by Gasteiger charge is 2.33. The maximum Gasteiger partial charge on any atom is 0.215 e. The lowest BCUT2D eigenvalue weighted by Crippen LogP contribution is -2.14. The van der Waals surface area contributed by atoms with E-state index in [1.165, 1.54) is 0 Å². The Morgan fingerprint density at radius 1 is 0.559 bits per heavy atom. The van der Waals surface area contributed by atoms with Crippen LogP contribution in [-0.4, -0.2) is 20.6 Å². The number of nitrogens with one attached hydrogen (secondary N) is 1. The molecule has 0 saturated heterocycles. The number of hydrogen-bond donors (Lipinski definition) is 1.